The predicted octanol–water partition coefficient (Wildman–Crippen LogP) is 6.11. The third-order valence-electron chi connectivity index (χ3n) is 4.82. The average molecular weight is 482 g/mol. The second kappa shape index (κ2) is 10.9. The maximum atomic E-state index is 13.0. The van der Waals surface area contributed by atoms with Crippen LogP contribution in [0.5, 0.6) is 5.75 Å². The molecule has 0 aliphatic rings. The van der Waals surface area contributed by atoms with E-state index in [2.05, 4.69) is 20.2 Å². The first-order valence-corrected chi connectivity index (χ1v) is 11.4. The SMILES string of the molecule is Cc1cc(CSc2ncccc2C(=O)Nc2ccc(OC(F)F)c(Cc3ccccc3)c2)no1. The quantitative estimate of drug-likeness (QED) is 0.291. The van der Waals surface area contributed by atoms with E-state index in [1.807, 2.05) is 43.3 Å². The van der Waals surface area contributed by atoms with Gasteiger partial charge in [-0.15, -0.1) is 0 Å². The molecule has 174 valence electrons. The fraction of sp³-hybridized carbons (Fsp3) is 0.160. The van der Waals surface area contributed by atoms with Gasteiger partial charge in [0.2, 0.25) is 0 Å². The lowest BCUT2D eigenvalue weighted by Crippen LogP contribution is -2.14. The van der Waals surface area contributed by atoms with Crippen LogP contribution in [0.15, 0.2) is 82.5 Å². The first kappa shape index (κ1) is 23.4. The smallest absolute Gasteiger partial charge is 0.387 e. The van der Waals surface area contributed by atoms with Gasteiger partial charge in [-0.1, -0.05) is 47.3 Å². The summed E-state index contributed by atoms with van der Waals surface area (Å²) in [7, 11) is 0. The lowest BCUT2D eigenvalue weighted by Gasteiger charge is -2.14. The van der Waals surface area contributed by atoms with Crippen LogP contribution in [0.4, 0.5) is 14.5 Å². The maximum absolute atomic E-state index is 13.0. The van der Waals surface area contributed by atoms with Crippen LogP contribution >= 0.6 is 11.8 Å². The number of aryl methyl sites for hydroxylation is 1. The highest BCUT2D eigenvalue weighted by Gasteiger charge is 2.16. The van der Waals surface area contributed by atoms with Crippen molar-refractivity contribution >= 4 is 23.4 Å². The number of carbonyl (C=O) groups is 1. The Hall–Kier alpha value is -3.72. The molecule has 6 nitrogen and oxygen atoms in total. The Labute approximate surface area is 199 Å². The van der Waals surface area contributed by atoms with E-state index in [0.717, 1.165) is 11.3 Å². The van der Waals surface area contributed by atoms with Gasteiger partial charge < -0.3 is 14.6 Å². The molecule has 0 spiro atoms. The number of rotatable bonds is 9. The topological polar surface area (TPSA) is 77.2 Å². The van der Waals surface area contributed by atoms with E-state index in [-0.39, 0.29) is 11.7 Å². The molecule has 4 rings (SSSR count). The standard InChI is InChI=1S/C25H21F2N3O3S/c1-16-12-20(30-33-16)15-34-24-21(8-5-11-28-24)23(31)29-19-9-10-22(32-25(26)27)18(14-19)13-17-6-3-2-4-7-17/h2-12,14,25H,13,15H2,1H3,(H,29,31). The number of amides is 1. The number of benzene rings is 2. The molecule has 0 atom stereocenters. The average Bonchev–Trinajstić information content (AvgIpc) is 3.25. The molecule has 2 aromatic carbocycles. The molecule has 9 heteroatoms. The third kappa shape index (κ3) is 6.20. The summed E-state index contributed by atoms with van der Waals surface area (Å²) in [6.45, 7) is -1.14. The number of ether oxygens (including phenoxy) is 1. The van der Waals surface area contributed by atoms with Gasteiger partial charge in [0.25, 0.3) is 5.91 Å². The molecule has 0 fully saturated rings. The summed E-state index contributed by atoms with van der Waals surface area (Å²) >= 11 is 1.37. The molecule has 0 aliphatic carbocycles. The number of thioether (sulfide) groups is 1. The van der Waals surface area contributed by atoms with Gasteiger partial charge in [0.05, 0.1) is 11.3 Å². The molecule has 0 unspecified atom stereocenters. The summed E-state index contributed by atoms with van der Waals surface area (Å²) in [5.41, 5.74) is 3.07. The minimum atomic E-state index is -2.95. The number of nitrogens with one attached hydrogen (secondary N) is 1. The molecule has 0 aliphatic heterocycles. The molecule has 1 N–H and O–H groups in total. The number of aromatic nitrogens is 2. The van der Waals surface area contributed by atoms with E-state index in [4.69, 9.17) is 4.52 Å². The number of nitrogens with zero attached hydrogens (tertiary/aromatic N) is 2. The highest BCUT2D eigenvalue weighted by molar-refractivity contribution is 7.98. The lowest BCUT2D eigenvalue weighted by molar-refractivity contribution is -0.0503. The van der Waals surface area contributed by atoms with Crippen LogP contribution in [-0.2, 0) is 12.2 Å². The van der Waals surface area contributed by atoms with Crippen LogP contribution in [0.3, 0.4) is 0 Å². The second-order valence-corrected chi connectivity index (χ2v) is 8.36. The van der Waals surface area contributed by atoms with E-state index in [1.54, 1.807) is 24.4 Å². The summed E-state index contributed by atoms with van der Waals surface area (Å²) in [4.78, 5) is 17.4. The fourth-order valence-electron chi connectivity index (χ4n) is 3.33. The molecule has 34 heavy (non-hydrogen) atoms. The van der Waals surface area contributed by atoms with Crippen molar-refractivity contribution in [3.05, 3.63) is 101 Å². The first-order chi connectivity index (χ1) is 16.5. The summed E-state index contributed by atoms with van der Waals surface area (Å²) in [5.74, 6) is 0.910. The van der Waals surface area contributed by atoms with Crippen molar-refractivity contribution in [2.75, 3.05) is 5.32 Å². The lowest BCUT2D eigenvalue weighted by atomic mass is 10.0. The van der Waals surface area contributed by atoms with Gasteiger partial charge in [-0.2, -0.15) is 8.78 Å². The van der Waals surface area contributed by atoms with Gasteiger partial charge in [0, 0.05) is 35.7 Å². The zero-order valence-electron chi connectivity index (χ0n) is 18.2. The normalized spacial score (nSPS) is 10.9. The number of alkyl halides is 2. The van der Waals surface area contributed by atoms with Gasteiger partial charge in [-0.25, -0.2) is 4.98 Å². The zero-order chi connectivity index (χ0) is 23.9. The Morgan fingerprint density at radius 2 is 1.94 bits per heavy atom. The van der Waals surface area contributed by atoms with Gasteiger partial charge in [0.15, 0.2) is 0 Å². The number of hydrogen-bond donors (Lipinski definition) is 1. The highest BCUT2D eigenvalue weighted by Crippen LogP contribution is 2.29. The van der Waals surface area contributed by atoms with E-state index in [0.29, 0.717) is 39.8 Å². The molecule has 2 heterocycles. The maximum Gasteiger partial charge on any atom is 0.387 e. The number of halogens is 2. The van der Waals surface area contributed by atoms with Gasteiger partial charge in [-0.05, 0) is 42.8 Å². The van der Waals surface area contributed by atoms with Crippen molar-refractivity contribution in [1.82, 2.24) is 10.1 Å². The Bertz CT molecular complexity index is 1270. The van der Waals surface area contributed by atoms with Crippen molar-refractivity contribution in [2.24, 2.45) is 0 Å². The van der Waals surface area contributed by atoms with Crippen LogP contribution in [0.25, 0.3) is 0 Å². The Morgan fingerprint density at radius 1 is 1.12 bits per heavy atom. The molecule has 0 saturated heterocycles. The monoisotopic (exact) mass is 481 g/mol. The van der Waals surface area contributed by atoms with Crippen LogP contribution in [0, 0.1) is 6.92 Å². The minimum Gasteiger partial charge on any atom is -0.435 e. The molecular formula is C25H21F2N3O3S. The van der Waals surface area contributed by atoms with Crippen molar-refractivity contribution in [3.63, 3.8) is 0 Å². The van der Waals surface area contributed by atoms with E-state index in [9.17, 15) is 13.6 Å². The fourth-order valence-corrected chi connectivity index (χ4v) is 4.20. The van der Waals surface area contributed by atoms with Crippen molar-refractivity contribution in [2.45, 2.75) is 30.7 Å². The van der Waals surface area contributed by atoms with E-state index >= 15 is 0 Å². The summed E-state index contributed by atoms with van der Waals surface area (Å²) in [5, 5.41) is 7.34. The van der Waals surface area contributed by atoms with Crippen molar-refractivity contribution in [3.8, 4) is 5.75 Å². The van der Waals surface area contributed by atoms with Crippen molar-refractivity contribution in [1.29, 1.82) is 0 Å². The molecule has 0 radical (unpaired) electrons. The summed E-state index contributed by atoms with van der Waals surface area (Å²) in [6.07, 6.45) is 1.99. The first-order valence-electron chi connectivity index (χ1n) is 10.4. The van der Waals surface area contributed by atoms with Crippen LogP contribution in [-0.4, -0.2) is 22.7 Å². The molecule has 1 amide bonds. The van der Waals surface area contributed by atoms with E-state index < -0.39 is 6.61 Å². The molecule has 2 aromatic heterocycles. The Balaban J connectivity index is 1.53. The van der Waals surface area contributed by atoms with Gasteiger partial charge >= 0.3 is 6.61 Å². The number of anilines is 1. The predicted molar refractivity (Wildman–Crippen MR) is 125 cm³/mol. The van der Waals surface area contributed by atoms with Gasteiger partial charge in [-0.3, -0.25) is 4.79 Å². The number of carbonyl (C=O) groups excluding carboxylic acids is 1. The number of hydrogen-bond acceptors (Lipinski definition) is 6. The van der Waals surface area contributed by atoms with Crippen LogP contribution in [0.2, 0.25) is 0 Å². The van der Waals surface area contributed by atoms with Crippen LogP contribution in [0.1, 0.15) is 32.9 Å². The minimum absolute atomic E-state index is 0.0670. The molecule has 0 bridgehead atoms. The Morgan fingerprint density at radius 3 is 2.68 bits per heavy atom. The summed E-state index contributed by atoms with van der Waals surface area (Å²) < 4.78 is 35.6. The largest absolute Gasteiger partial charge is 0.435 e. The van der Waals surface area contributed by atoms with Crippen molar-refractivity contribution < 1.29 is 22.8 Å². The van der Waals surface area contributed by atoms with E-state index in [1.165, 1.54) is 23.9 Å². The number of pyridine rings is 1. The molecule has 4 aromatic rings. The molecular weight excluding hydrogens is 460 g/mol. The second-order valence-electron chi connectivity index (χ2n) is 7.39. The summed E-state index contributed by atoms with van der Waals surface area (Å²) in [6, 6.07) is 19.2. The zero-order valence-corrected chi connectivity index (χ0v) is 19.0. The van der Waals surface area contributed by atoms with Gasteiger partial charge in [0.1, 0.15) is 16.5 Å². The molecule has 0 saturated carbocycles. The third-order valence-corrected chi connectivity index (χ3v) is 5.86. The van der Waals surface area contributed by atoms with Crippen LogP contribution < -0.4 is 10.1 Å². The Kier molecular flexibility index (Phi) is 7.54. The highest BCUT2D eigenvalue weighted by atomic mass is 32.2.